The molecule has 1 atom stereocenters. The van der Waals surface area contributed by atoms with Gasteiger partial charge in [0.1, 0.15) is 0 Å². The molecule has 2 aromatic rings. The predicted octanol–water partition coefficient (Wildman–Crippen LogP) is 0.298. The molecular formula is C11H18N4O2S. The molecule has 0 spiro atoms. The van der Waals surface area contributed by atoms with Crippen LogP contribution in [0.4, 0.5) is 5.82 Å². The van der Waals surface area contributed by atoms with Crippen molar-refractivity contribution >= 4 is 22.1 Å². The second-order valence-corrected chi connectivity index (χ2v) is 5.00. The third-order valence-electron chi connectivity index (χ3n) is 2.74. The lowest BCUT2D eigenvalue weighted by Crippen LogP contribution is -2.32. The second kappa shape index (κ2) is 5.66. The number of nitrogens with two attached hydrogens (primary N) is 1. The molecule has 0 amide bonds. The topological polar surface area (TPSA) is 76.0 Å². The van der Waals surface area contributed by atoms with Crippen LogP contribution in [0.2, 0.25) is 0 Å². The molecule has 0 aliphatic carbocycles. The smallest absolute Gasteiger partial charge is 0.195 e. The minimum absolute atomic E-state index is 0.310. The quantitative estimate of drug-likeness (QED) is 0.789. The van der Waals surface area contributed by atoms with E-state index in [4.69, 9.17) is 10.5 Å². The van der Waals surface area contributed by atoms with Crippen molar-refractivity contribution in [1.29, 1.82) is 0 Å². The molecule has 0 aliphatic heterocycles. The Morgan fingerprint density at radius 1 is 1.67 bits per heavy atom. The van der Waals surface area contributed by atoms with Crippen LogP contribution in [0.1, 0.15) is 5.69 Å². The number of hydrogen-bond donors (Lipinski definition) is 2. The molecule has 0 aromatic carbocycles. The summed E-state index contributed by atoms with van der Waals surface area (Å²) in [5.74, 6) is 0.819. The molecule has 2 heterocycles. The first-order valence-corrected chi connectivity index (χ1v) is 6.58. The summed E-state index contributed by atoms with van der Waals surface area (Å²) >= 11 is 1.57. The van der Waals surface area contributed by atoms with E-state index in [1.165, 1.54) is 0 Å². The standard InChI is InChI=1S/C11H18N4O2S/c1-14(6-8(16)7-17-2)10-9(5-12)15-3-4-18-11(15)13-10/h3-4,8,16H,5-7,12H2,1-2H3. The lowest BCUT2D eigenvalue weighted by Gasteiger charge is -2.21. The second-order valence-electron chi connectivity index (χ2n) is 4.13. The highest BCUT2D eigenvalue weighted by atomic mass is 32.1. The Hall–Kier alpha value is -1.15. The van der Waals surface area contributed by atoms with Gasteiger partial charge in [0.25, 0.3) is 0 Å². The number of anilines is 1. The van der Waals surface area contributed by atoms with Crippen LogP contribution in [0.15, 0.2) is 11.6 Å². The van der Waals surface area contributed by atoms with E-state index < -0.39 is 6.10 Å². The molecule has 100 valence electrons. The van der Waals surface area contributed by atoms with Gasteiger partial charge in [-0.1, -0.05) is 0 Å². The molecular weight excluding hydrogens is 252 g/mol. The Labute approximate surface area is 110 Å². The van der Waals surface area contributed by atoms with Crippen LogP contribution in [0.25, 0.3) is 4.96 Å². The van der Waals surface area contributed by atoms with Crippen molar-refractivity contribution < 1.29 is 9.84 Å². The lowest BCUT2D eigenvalue weighted by atomic mass is 10.3. The van der Waals surface area contributed by atoms with Gasteiger partial charge in [-0.05, 0) is 0 Å². The van der Waals surface area contributed by atoms with E-state index in [1.54, 1.807) is 18.4 Å². The molecule has 0 saturated carbocycles. The van der Waals surface area contributed by atoms with Gasteiger partial charge in [-0.2, -0.15) is 0 Å². The molecule has 18 heavy (non-hydrogen) atoms. The zero-order chi connectivity index (χ0) is 13.1. The largest absolute Gasteiger partial charge is 0.389 e. The molecule has 2 aromatic heterocycles. The van der Waals surface area contributed by atoms with E-state index in [0.717, 1.165) is 16.5 Å². The van der Waals surface area contributed by atoms with Crippen LogP contribution >= 0.6 is 11.3 Å². The first-order chi connectivity index (χ1) is 8.67. The zero-order valence-electron chi connectivity index (χ0n) is 10.5. The molecule has 0 radical (unpaired) electrons. The number of ether oxygens (including phenoxy) is 1. The van der Waals surface area contributed by atoms with Gasteiger partial charge in [-0.25, -0.2) is 4.98 Å². The fourth-order valence-electron chi connectivity index (χ4n) is 1.96. The number of aromatic nitrogens is 2. The fraction of sp³-hybridized carbons (Fsp3) is 0.545. The lowest BCUT2D eigenvalue weighted by molar-refractivity contribution is 0.0694. The van der Waals surface area contributed by atoms with Crippen molar-refractivity contribution in [2.75, 3.05) is 32.2 Å². The monoisotopic (exact) mass is 270 g/mol. The fourth-order valence-corrected chi connectivity index (χ4v) is 2.69. The number of rotatable bonds is 6. The summed E-state index contributed by atoms with van der Waals surface area (Å²) in [5, 5.41) is 11.7. The van der Waals surface area contributed by atoms with Crippen LogP contribution in [-0.2, 0) is 11.3 Å². The minimum Gasteiger partial charge on any atom is -0.389 e. The average Bonchev–Trinajstić information content (AvgIpc) is 2.87. The van der Waals surface area contributed by atoms with Crippen molar-refractivity contribution in [3.05, 3.63) is 17.3 Å². The third kappa shape index (κ3) is 2.49. The first kappa shape index (κ1) is 13.3. The normalized spacial score (nSPS) is 13.1. The van der Waals surface area contributed by atoms with Crippen LogP contribution in [0, 0.1) is 0 Å². The molecule has 0 fully saturated rings. The number of hydrogen-bond acceptors (Lipinski definition) is 6. The Bertz CT molecular complexity index is 510. The number of imidazole rings is 1. The van der Waals surface area contributed by atoms with Gasteiger partial charge >= 0.3 is 0 Å². The van der Waals surface area contributed by atoms with Gasteiger partial charge in [-0.15, -0.1) is 11.3 Å². The van der Waals surface area contributed by atoms with E-state index in [1.807, 2.05) is 27.9 Å². The van der Waals surface area contributed by atoms with Crippen LogP contribution in [0.5, 0.6) is 0 Å². The molecule has 0 saturated heterocycles. The summed E-state index contributed by atoms with van der Waals surface area (Å²) < 4.78 is 6.90. The number of fused-ring (bicyclic) bond motifs is 1. The van der Waals surface area contributed by atoms with Gasteiger partial charge in [-0.3, -0.25) is 4.40 Å². The highest BCUT2D eigenvalue weighted by molar-refractivity contribution is 7.15. The first-order valence-electron chi connectivity index (χ1n) is 5.70. The van der Waals surface area contributed by atoms with Crippen LogP contribution in [-0.4, -0.2) is 47.9 Å². The van der Waals surface area contributed by atoms with Crippen LogP contribution < -0.4 is 10.6 Å². The molecule has 1 unspecified atom stereocenters. The Balaban J connectivity index is 2.21. The summed E-state index contributed by atoms with van der Waals surface area (Å²) in [7, 11) is 3.46. The number of aliphatic hydroxyl groups excluding tert-OH is 1. The van der Waals surface area contributed by atoms with E-state index in [2.05, 4.69) is 4.98 Å². The summed E-state index contributed by atoms with van der Waals surface area (Å²) in [6.45, 7) is 1.19. The van der Waals surface area contributed by atoms with Gasteiger partial charge in [0, 0.05) is 38.8 Å². The molecule has 3 N–H and O–H groups in total. The van der Waals surface area contributed by atoms with Crippen LogP contribution in [0.3, 0.4) is 0 Å². The van der Waals surface area contributed by atoms with Crippen molar-refractivity contribution in [1.82, 2.24) is 9.38 Å². The van der Waals surface area contributed by atoms with Crippen molar-refractivity contribution in [3.63, 3.8) is 0 Å². The summed E-state index contributed by atoms with van der Waals surface area (Å²) in [6, 6.07) is 0. The highest BCUT2D eigenvalue weighted by Gasteiger charge is 2.17. The molecule has 6 nitrogen and oxygen atoms in total. The number of methoxy groups -OCH3 is 1. The van der Waals surface area contributed by atoms with E-state index >= 15 is 0 Å². The zero-order valence-corrected chi connectivity index (χ0v) is 11.4. The molecule has 0 bridgehead atoms. The molecule has 0 aliphatic rings. The van der Waals surface area contributed by atoms with Crippen molar-refractivity contribution in [3.8, 4) is 0 Å². The number of nitrogens with zero attached hydrogens (tertiary/aromatic N) is 3. The van der Waals surface area contributed by atoms with E-state index in [0.29, 0.717) is 19.7 Å². The van der Waals surface area contributed by atoms with E-state index in [-0.39, 0.29) is 0 Å². The average molecular weight is 270 g/mol. The Morgan fingerprint density at radius 3 is 3.11 bits per heavy atom. The van der Waals surface area contributed by atoms with Gasteiger partial charge in [0.15, 0.2) is 10.8 Å². The van der Waals surface area contributed by atoms with Gasteiger partial charge in [0.2, 0.25) is 0 Å². The SMILES string of the molecule is COCC(O)CN(C)c1nc2sccn2c1CN. The Kier molecular flexibility index (Phi) is 4.18. The third-order valence-corrected chi connectivity index (χ3v) is 3.50. The Morgan fingerprint density at radius 2 is 2.44 bits per heavy atom. The maximum Gasteiger partial charge on any atom is 0.195 e. The number of likely N-dealkylation sites (N-methyl/N-ethyl adjacent to an activating group) is 1. The van der Waals surface area contributed by atoms with Gasteiger partial charge in [0.05, 0.1) is 18.4 Å². The maximum absolute atomic E-state index is 9.74. The summed E-state index contributed by atoms with van der Waals surface area (Å²) in [6.07, 6.45) is 1.42. The summed E-state index contributed by atoms with van der Waals surface area (Å²) in [5.41, 5.74) is 6.73. The molecule has 7 heteroatoms. The van der Waals surface area contributed by atoms with Crippen molar-refractivity contribution in [2.45, 2.75) is 12.6 Å². The van der Waals surface area contributed by atoms with Crippen molar-refractivity contribution in [2.24, 2.45) is 5.73 Å². The number of aliphatic hydroxyl groups is 1. The van der Waals surface area contributed by atoms with Gasteiger partial charge < -0.3 is 20.5 Å². The molecule has 2 rings (SSSR count). The predicted molar refractivity (Wildman–Crippen MR) is 72.1 cm³/mol. The van der Waals surface area contributed by atoms with E-state index in [9.17, 15) is 5.11 Å². The maximum atomic E-state index is 9.74. The minimum atomic E-state index is -0.537. The summed E-state index contributed by atoms with van der Waals surface area (Å²) in [4.78, 5) is 7.36. The highest BCUT2D eigenvalue weighted by Crippen LogP contribution is 2.23. The number of thiazole rings is 1.